The SMILES string of the molecule is Cc1ccccc1CC(=O)NCc1cccnc1N1CCOCC1. The fourth-order valence-corrected chi connectivity index (χ4v) is 2.87. The van der Waals surface area contributed by atoms with Crippen LogP contribution in [0.3, 0.4) is 0 Å². The molecular weight excluding hydrogens is 302 g/mol. The maximum absolute atomic E-state index is 12.3. The number of aromatic nitrogens is 1. The molecule has 2 heterocycles. The van der Waals surface area contributed by atoms with E-state index in [2.05, 4.69) is 15.2 Å². The largest absolute Gasteiger partial charge is 0.378 e. The summed E-state index contributed by atoms with van der Waals surface area (Å²) < 4.78 is 5.40. The Morgan fingerprint density at radius 1 is 1.17 bits per heavy atom. The highest BCUT2D eigenvalue weighted by molar-refractivity contribution is 5.79. The molecule has 1 aromatic carbocycles. The molecule has 0 bridgehead atoms. The summed E-state index contributed by atoms with van der Waals surface area (Å²) in [5.74, 6) is 0.970. The van der Waals surface area contributed by atoms with Gasteiger partial charge in [0, 0.05) is 31.4 Å². The minimum atomic E-state index is 0.0288. The van der Waals surface area contributed by atoms with E-state index in [4.69, 9.17) is 4.74 Å². The number of pyridine rings is 1. The van der Waals surface area contributed by atoms with Gasteiger partial charge in [-0.15, -0.1) is 0 Å². The second kappa shape index (κ2) is 7.93. The van der Waals surface area contributed by atoms with E-state index < -0.39 is 0 Å². The topological polar surface area (TPSA) is 54.5 Å². The van der Waals surface area contributed by atoms with Crippen molar-refractivity contribution in [3.8, 4) is 0 Å². The molecular formula is C19H23N3O2. The molecule has 1 aliphatic rings. The first-order valence-corrected chi connectivity index (χ1v) is 8.32. The number of amides is 1. The van der Waals surface area contributed by atoms with Crippen LogP contribution in [0.5, 0.6) is 0 Å². The zero-order valence-corrected chi connectivity index (χ0v) is 14.0. The van der Waals surface area contributed by atoms with E-state index in [1.54, 1.807) is 6.20 Å². The highest BCUT2D eigenvalue weighted by Crippen LogP contribution is 2.18. The van der Waals surface area contributed by atoms with Gasteiger partial charge in [0.1, 0.15) is 5.82 Å². The first-order valence-electron chi connectivity index (χ1n) is 8.32. The lowest BCUT2D eigenvalue weighted by molar-refractivity contribution is -0.120. The number of hydrogen-bond acceptors (Lipinski definition) is 4. The number of nitrogens with one attached hydrogen (secondary N) is 1. The predicted molar refractivity (Wildman–Crippen MR) is 94.0 cm³/mol. The quantitative estimate of drug-likeness (QED) is 0.914. The second-order valence-electron chi connectivity index (χ2n) is 5.97. The standard InChI is InChI=1S/C19H23N3O2/c1-15-5-2-3-6-16(15)13-18(23)21-14-17-7-4-8-20-19(17)22-9-11-24-12-10-22/h2-8H,9-14H2,1H3,(H,21,23). The van der Waals surface area contributed by atoms with Crippen molar-refractivity contribution in [1.29, 1.82) is 0 Å². The van der Waals surface area contributed by atoms with Gasteiger partial charge < -0.3 is 15.0 Å². The lowest BCUT2D eigenvalue weighted by Gasteiger charge is -2.29. The average Bonchev–Trinajstić information content (AvgIpc) is 2.63. The third-order valence-corrected chi connectivity index (χ3v) is 4.27. The van der Waals surface area contributed by atoms with Crippen molar-refractivity contribution in [2.75, 3.05) is 31.2 Å². The molecule has 0 radical (unpaired) electrons. The maximum atomic E-state index is 12.3. The molecule has 1 aliphatic heterocycles. The van der Waals surface area contributed by atoms with Gasteiger partial charge in [-0.2, -0.15) is 0 Å². The number of carbonyl (C=O) groups excluding carboxylic acids is 1. The molecule has 1 fully saturated rings. The summed E-state index contributed by atoms with van der Waals surface area (Å²) >= 11 is 0. The molecule has 24 heavy (non-hydrogen) atoms. The van der Waals surface area contributed by atoms with Crippen molar-refractivity contribution < 1.29 is 9.53 Å². The van der Waals surface area contributed by atoms with Crippen LogP contribution in [0.15, 0.2) is 42.6 Å². The molecule has 1 aromatic heterocycles. The Labute approximate surface area is 142 Å². The van der Waals surface area contributed by atoms with E-state index in [0.29, 0.717) is 13.0 Å². The zero-order chi connectivity index (χ0) is 16.8. The van der Waals surface area contributed by atoms with E-state index >= 15 is 0 Å². The van der Waals surface area contributed by atoms with Crippen LogP contribution in [0, 0.1) is 6.92 Å². The molecule has 5 nitrogen and oxygen atoms in total. The Kier molecular flexibility index (Phi) is 5.43. The molecule has 0 aliphatic carbocycles. The third kappa shape index (κ3) is 4.11. The molecule has 1 saturated heterocycles. The van der Waals surface area contributed by atoms with E-state index in [1.807, 2.05) is 43.3 Å². The first-order chi connectivity index (χ1) is 11.7. The van der Waals surface area contributed by atoms with Crippen molar-refractivity contribution >= 4 is 11.7 Å². The van der Waals surface area contributed by atoms with E-state index in [0.717, 1.165) is 48.8 Å². The van der Waals surface area contributed by atoms with Gasteiger partial charge in [-0.25, -0.2) is 4.98 Å². The molecule has 5 heteroatoms. The highest BCUT2D eigenvalue weighted by atomic mass is 16.5. The van der Waals surface area contributed by atoms with E-state index in [9.17, 15) is 4.79 Å². The number of aryl methyl sites for hydroxylation is 1. The third-order valence-electron chi connectivity index (χ3n) is 4.27. The van der Waals surface area contributed by atoms with Gasteiger partial charge in [0.2, 0.25) is 5.91 Å². The van der Waals surface area contributed by atoms with Crippen LogP contribution in [0.1, 0.15) is 16.7 Å². The van der Waals surface area contributed by atoms with Crippen molar-refractivity contribution in [3.63, 3.8) is 0 Å². The number of ether oxygens (including phenoxy) is 1. The van der Waals surface area contributed by atoms with Crippen molar-refractivity contribution in [1.82, 2.24) is 10.3 Å². The van der Waals surface area contributed by atoms with Gasteiger partial charge in [-0.1, -0.05) is 30.3 Å². The highest BCUT2D eigenvalue weighted by Gasteiger charge is 2.16. The average molecular weight is 325 g/mol. The molecule has 1 N–H and O–H groups in total. The van der Waals surface area contributed by atoms with Gasteiger partial charge in [0.05, 0.1) is 19.6 Å². The lowest BCUT2D eigenvalue weighted by atomic mass is 10.1. The number of benzene rings is 1. The summed E-state index contributed by atoms with van der Waals surface area (Å²) in [7, 11) is 0. The van der Waals surface area contributed by atoms with Crippen LogP contribution in [0.4, 0.5) is 5.82 Å². The number of hydrogen-bond donors (Lipinski definition) is 1. The van der Waals surface area contributed by atoms with Crippen molar-refractivity contribution in [3.05, 3.63) is 59.3 Å². The number of anilines is 1. The number of morpholine rings is 1. The Morgan fingerprint density at radius 2 is 1.92 bits per heavy atom. The van der Waals surface area contributed by atoms with Gasteiger partial charge in [-0.05, 0) is 24.1 Å². The van der Waals surface area contributed by atoms with Gasteiger partial charge in [0.15, 0.2) is 0 Å². The number of carbonyl (C=O) groups is 1. The minimum Gasteiger partial charge on any atom is -0.378 e. The fourth-order valence-electron chi connectivity index (χ4n) is 2.87. The summed E-state index contributed by atoms with van der Waals surface area (Å²) in [6, 6.07) is 11.9. The predicted octanol–water partition coefficient (Wildman–Crippen LogP) is 2.09. The summed E-state index contributed by atoms with van der Waals surface area (Å²) in [5.41, 5.74) is 3.25. The van der Waals surface area contributed by atoms with Crippen LogP contribution in [0.25, 0.3) is 0 Å². The van der Waals surface area contributed by atoms with E-state index in [-0.39, 0.29) is 5.91 Å². The summed E-state index contributed by atoms with van der Waals surface area (Å²) in [6.45, 7) is 5.62. The molecule has 3 rings (SSSR count). The molecule has 0 atom stereocenters. The maximum Gasteiger partial charge on any atom is 0.224 e. The first kappa shape index (κ1) is 16.5. The van der Waals surface area contributed by atoms with Crippen LogP contribution in [-0.2, 0) is 22.5 Å². The van der Waals surface area contributed by atoms with Crippen molar-refractivity contribution in [2.24, 2.45) is 0 Å². The molecule has 0 unspecified atom stereocenters. The lowest BCUT2D eigenvalue weighted by Crippen LogP contribution is -2.38. The van der Waals surface area contributed by atoms with Crippen LogP contribution in [0.2, 0.25) is 0 Å². The van der Waals surface area contributed by atoms with Gasteiger partial charge in [0.25, 0.3) is 0 Å². The zero-order valence-electron chi connectivity index (χ0n) is 14.0. The normalized spacial score (nSPS) is 14.5. The Balaban J connectivity index is 1.62. The van der Waals surface area contributed by atoms with Crippen LogP contribution >= 0.6 is 0 Å². The summed E-state index contributed by atoms with van der Waals surface area (Å²) in [6.07, 6.45) is 2.20. The van der Waals surface area contributed by atoms with Crippen LogP contribution < -0.4 is 10.2 Å². The molecule has 0 saturated carbocycles. The Bertz CT molecular complexity index is 697. The smallest absolute Gasteiger partial charge is 0.224 e. The fraction of sp³-hybridized carbons (Fsp3) is 0.368. The molecule has 0 spiro atoms. The molecule has 1 amide bonds. The van der Waals surface area contributed by atoms with Gasteiger partial charge in [-0.3, -0.25) is 4.79 Å². The Morgan fingerprint density at radius 3 is 2.71 bits per heavy atom. The second-order valence-corrected chi connectivity index (χ2v) is 5.97. The summed E-state index contributed by atoms with van der Waals surface area (Å²) in [4.78, 5) is 19.0. The summed E-state index contributed by atoms with van der Waals surface area (Å²) in [5, 5.41) is 3.02. The Hall–Kier alpha value is -2.40. The van der Waals surface area contributed by atoms with Crippen LogP contribution in [-0.4, -0.2) is 37.2 Å². The monoisotopic (exact) mass is 325 g/mol. The van der Waals surface area contributed by atoms with Gasteiger partial charge >= 0.3 is 0 Å². The van der Waals surface area contributed by atoms with E-state index in [1.165, 1.54) is 0 Å². The van der Waals surface area contributed by atoms with Crippen molar-refractivity contribution in [2.45, 2.75) is 19.9 Å². The number of rotatable bonds is 5. The number of nitrogens with zero attached hydrogens (tertiary/aromatic N) is 2. The molecule has 126 valence electrons. The molecule has 2 aromatic rings. The minimum absolute atomic E-state index is 0.0288.